The lowest BCUT2D eigenvalue weighted by Gasteiger charge is -2.29. The van der Waals surface area contributed by atoms with Crippen LogP contribution in [0.3, 0.4) is 0 Å². The van der Waals surface area contributed by atoms with Crippen LogP contribution >= 0.6 is 7.82 Å². The summed E-state index contributed by atoms with van der Waals surface area (Å²) in [6, 6.07) is 0. The van der Waals surface area contributed by atoms with Gasteiger partial charge in [0.15, 0.2) is 11.2 Å². The van der Waals surface area contributed by atoms with Crippen molar-refractivity contribution in [3.05, 3.63) is 6.33 Å². The van der Waals surface area contributed by atoms with Crippen molar-refractivity contribution in [2.75, 3.05) is 32.5 Å². The van der Waals surface area contributed by atoms with E-state index < -0.39 is 76.1 Å². The summed E-state index contributed by atoms with van der Waals surface area (Å²) in [5, 5.41) is 11.0. The zero-order valence-corrected chi connectivity index (χ0v) is 26.1. The summed E-state index contributed by atoms with van der Waals surface area (Å²) in [4.78, 5) is 35.8. The van der Waals surface area contributed by atoms with Crippen LogP contribution in [0.5, 0.6) is 5.88 Å². The molecule has 3 rings (SSSR count). The predicted octanol–water partition coefficient (Wildman–Crippen LogP) is 3.59. The molecule has 44 heavy (non-hydrogen) atoms. The van der Waals surface area contributed by atoms with Crippen LogP contribution in [0.2, 0.25) is 0 Å². The zero-order valence-electron chi connectivity index (χ0n) is 25.3. The number of nitrogens with zero attached hydrogens (tertiary/aromatic N) is 4. The third kappa shape index (κ3) is 8.42. The molecule has 1 fully saturated rings. The minimum absolute atomic E-state index is 0.0918. The Bertz CT molecular complexity index is 1330. The Morgan fingerprint density at radius 2 is 1.66 bits per heavy atom. The van der Waals surface area contributed by atoms with E-state index in [1.165, 1.54) is 24.7 Å². The molecule has 18 nitrogen and oxygen atoms in total. The Kier molecular flexibility index (Phi) is 11.3. The van der Waals surface area contributed by atoms with E-state index in [0.717, 1.165) is 0 Å². The fourth-order valence-electron chi connectivity index (χ4n) is 3.95. The van der Waals surface area contributed by atoms with E-state index in [1.807, 2.05) is 0 Å². The van der Waals surface area contributed by atoms with E-state index in [-0.39, 0.29) is 29.6 Å². The number of carbonyl (C=O) groups excluding carboxylic acids is 2. The summed E-state index contributed by atoms with van der Waals surface area (Å²) in [6.45, 7) is 7.93. The molecular formula is C24H37FN5O13P. The molecule has 0 saturated carbocycles. The second-order valence-electron chi connectivity index (χ2n) is 10.5. The van der Waals surface area contributed by atoms with E-state index in [4.69, 9.17) is 38.3 Å². The number of aliphatic hydroxyl groups is 1. The van der Waals surface area contributed by atoms with Crippen LogP contribution in [0.25, 0.3) is 11.2 Å². The molecule has 0 aliphatic carbocycles. The molecule has 0 aromatic carbocycles. The molecule has 3 atom stereocenters. The minimum Gasteiger partial charge on any atom is -0.476 e. The van der Waals surface area contributed by atoms with Gasteiger partial charge < -0.3 is 39.3 Å². The number of hydrogen-bond donors (Lipinski definition) is 2. The number of fused-ring (bicyclic) bond motifs is 1. The lowest BCUT2D eigenvalue weighted by molar-refractivity contribution is -0.205. The number of hydrogen-bond acceptors (Lipinski definition) is 17. The Hall–Kier alpha value is -3.35. The van der Waals surface area contributed by atoms with Crippen molar-refractivity contribution in [3.63, 3.8) is 0 Å². The second kappa shape index (κ2) is 14.2. The van der Waals surface area contributed by atoms with Gasteiger partial charge in [0.1, 0.15) is 18.9 Å². The van der Waals surface area contributed by atoms with Gasteiger partial charge in [0, 0.05) is 5.41 Å². The minimum atomic E-state index is -4.87. The smallest absolute Gasteiger partial charge is 0.476 e. The summed E-state index contributed by atoms with van der Waals surface area (Å²) < 4.78 is 75.9. The molecule has 2 aromatic rings. The van der Waals surface area contributed by atoms with Crippen LogP contribution in [0.1, 0.15) is 54.7 Å². The maximum absolute atomic E-state index is 16.3. The van der Waals surface area contributed by atoms with Gasteiger partial charge in [-0.05, 0) is 34.6 Å². The topological polar surface area (TPSA) is 224 Å². The molecule has 2 aromatic heterocycles. The number of phosphoric acid groups is 1. The van der Waals surface area contributed by atoms with E-state index in [1.54, 1.807) is 34.6 Å². The van der Waals surface area contributed by atoms with Gasteiger partial charge in [0.25, 0.3) is 5.85 Å². The molecule has 1 saturated heterocycles. The van der Waals surface area contributed by atoms with Gasteiger partial charge in [-0.25, -0.2) is 32.6 Å². The Morgan fingerprint density at radius 1 is 1.09 bits per heavy atom. The van der Waals surface area contributed by atoms with E-state index in [9.17, 15) is 19.3 Å². The van der Waals surface area contributed by atoms with Gasteiger partial charge >= 0.3 is 20.1 Å². The highest BCUT2D eigenvalue weighted by Gasteiger charge is 2.62. The molecule has 1 aliphatic rings. The molecule has 0 radical (unpaired) electrons. The number of alkyl halides is 1. The molecule has 3 N–H and O–H groups in total. The number of imidazole rings is 1. The van der Waals surface area contributed by atoms with Crippen molar-refractivity contribution in [2.45, 2.75) is 78.9 Å². The maximum atomic E-state index is 16.3. The number of anilines is 1. The number of halogens is 1. The average Bonchev–Trinajstić information content (AvgIpc) is 3.39. The van der Waals surface area contributed by atoms with Crippen molar-refractivity contribution in [2.24, 2.45) is 5.41 Å². The zero-order chi connectivity index (χ0) is 32.9. The van der Waals surface area contributed by atoms with Gasteiger partial charge in [-0.15, -0.1) is 0 Å². The first-order valence-corrected chi connectivity index (χ1v) is 14.9. The van der Waals surface area contributed by atoms with Crippen LogP contribution in [0, 0.1) is 5.41 Å². The lowest BCUT2D eigenvalue weighted by Crippen LogP contribution is -2.44. The van der Waals surface area contributed by atoms with Crippen LogP contribution in [-0.4, -0.2) is 87.9 Å². The summed E-state index contributed by atoms with van der Waals surface area (Å²) in [5.74, 6) is -3.08. The Balaban J connectivity index is 1.80. The molecule has 0 spiro atoms. The number of ether oxygens (including phenoxy) is 6. The standard InChI is InChI=1S/C24H37FN5O13P/c1-8-35-17-15-16(28-20(26)29-17)30(10-27-15)19-23(6,7)18(31)24(25,43-19)9-38-44(34,39-11-36-21(32)41-13(2)3)40-12-37-22(33)42-14(4)5/h10,13-14,18-19,31H,8-9,11-12H2,1-7H3,(H2,26,28,29)/t18-,19+,24+/m0/s1. The summed E-state index contributed by atoms with van der Waals surface area (Å²) >= 11 is 0. The average molecular weight is 654 g/mol. The molecule has 248 valence electrons. The van der Waals surface area contributed by atoms with Gasteiger partial charge in [0.05, 0.1) is 25.1 Å². The molecule has 20 heteroatoms. The highest BCUT2D eigenvalue weighted by atomic mass is 31.2. The van der Waals surface area contributed by atoms with Gasteiger partial charge in [-0.2, -0.15) is 9.97 Å². The third-order valence-corrected chi connectivity index (χ3v) is 7.14. The first-order valence-electron chi connectivity index (χ1n) is 13.4. The van der Waals surface area contributed by atoms with Crippen molar-refractivity contribution >= 4 is 37.2 Å². The van der Waals surface area contributed by atoms with Crippen LogP contribution in [-0.2, 0) is 41.8 Å². The number of aliphatic hydroxyl groups excluding tert-OH is 1. The summed E-state index contributed by atoms with van der Waals surface area (Å²) in [5.41, 5.74) is 4.78. The molecule has 0 unspecified atom stereocenters. The summed E-state index contributed by atoms with van der Waals surface area (Å²) in [6.07, 6.45) is -5.29. The van der Waals surface area contributed by atoms with E-state index in [0.29, 0.717) is 0 Å². The number of aromatic nitrogens is 4. The fraction of sp³-hybridized carbons (Fsp3) is 0.708. The molecule has 3 heterocycles. The number of nitrogen functional groups attached to an aromatic ring is 1. The van der Waals surface area contributed by atoms with Crippen LogP contribution in [0.4, 0.5) is 19.9 Å². The highest BCUT2D eigenvalue weighted by Crippen LogP contribution is 2.55. The number of rotatable bonds is 14. The maximum Gasteiger partial charge on any atom is 0.510 e. The number of nitrogens with two attached hydrogens (primary N) is 1. The Labute approximate surface area is 251 Å². The van der Waals surface area contributed by atoms with Gasteiger partial charge in [-0.1, -0.05) is 13.8 Å². The van der Waals surface area contributed by atoms with E-state index >= 15 is 4.39 Å². The highest BCUT2D eigenvalue weighted by molar-refractivity contribution is 7.48. The number of phosphoric ester groups is 1. The van der Waals surface area contributed by atoms with Crippen molar-refractivity contribution in [1.29, 1.82) is 0 Å². The van der Waals surface area contributed by atoms with Crippen molar-refractivity contribution < 1.29 is 65.6 Å². The Morgan fingerprint density at radius 3 is 2.18 bits per heavy atom. The van der Waals surface area contributed by atoms with Crippen molar-refractivity contribution in [1.82, 2.24) is 19.5 Å². The molecular weight excluding hydrogens is 616 g/mol. The molecule has 1 aliphatic heterocycles. The quantitative estimate of drug-likeness (QED) is 0.169. The predicted molar refractivity (Wildman–Crippen MR) is 146 cm³/mol. The van der Waals surface area contributed by atoms with Crippen molar-refractivity contribution in [3.8, 4) is 5.88 Å². The lowest BCUT2D eigenvalue weighted by atomic mass is 9.84. The first kappa shape index (κ1) is 35.1. The monoisotopic (exact) mass is 653 g/mol. The normalized spacial score (nSPS) is 21.5. The molecule has 0 amide bonds. The molecule has 0 bridgehead atoms. The SMILES string of the molecule is CCOc1nc(N)nc2c1ncn2[C@@H]1O[C@](F)(COP(=O)(OCOC(=O)OC(C)C)OCOC(=O)OC(C)C)[C@@H](O)C1(C)C. The van der Waals surface area contributed by atoms with E-state index in [2.05, 4.69) is 24.4 Å². The van der Waals surface area contributed by atoms with Crippen LogP contribution < -0.4 is 10.5 Å². The number of carbonyl (C=O) groups is 2. The second-order valence-corrected chi connectivity index (χ2v) is 12.1. The fourth-order valence-corrected chi connectivity index (χ4v) is 4.87. The largest absolute Gasteiger partial charge is 0.510 e. The third-order valence-electron chi connectivity index (χ3n) is 5.86. The van der Waals surface area contributed by atoms with Gasteiger partial charge in [0.2, 0.25) is 25.4 Å². The van der Waals surface area contributed by atoms with Crippen LogP contribution in [0.15, 0.2) is 6.33 Å². The summed E-state index contributed by atoms with van der Waals surface area (Å²) in [7, 11) is -4.87. The van der Waals surface area contributed by atoms with Gasteiger partial charge in [-0.3, -0.25) is 9.09 Å². The first-order chi connectivity index (χ1) is 20.5.